The Bertz CT molecular complexity index is 1160. The fraction of sp³-hybridized carbons (Fsp3) is 0. The third kappa shape index (κ3) is 3.37. The summed E-state index contributed by atoms with van der Waals surface area (Å²) in [5.74, 6) is -2.20. The van der Waals surface area contributed by atoms with Crippen LogP contribution in [-0.2, 0) is 4.84 Å². The van der Waals surface area contributed by atoms with E-state index >= 15 is 0 Å². The van der Waals surface area contributed by atoms with E-state index in [2.05, 4.69) is 6.07 Å². The lowest BCUT2D eigenvalue weighted by atomic mass is 10.1. The Hall–Kier alpha value is -3.89. The van der Waals surface area contributed by atoms with Crippen molar-refractivity contribution in [1.29, 1.82) is 5.26 Å². The maximum atomic E-state index is 12.8. The van der Waals surface area contributed by atoms with E-state index in [-0.39, 0.29) is 16.7 Å². The van der Waals surface area contributed by atoms with Crippen molar-refractivity contribution in [3.63, 3.8) is 0 Å². The Morgan fingerprint density at radius 3 is 2.03 bits per heavy atom. The van der Waals surface area contributed by atoms with Crippen LogP contribution in [0.15, 0.2) is 82.6 Å². The van der Waals surface area contributed by atoms with Crippen LogP contribution in [0.2, 0.25) is 0 Å². The molecule has 0 unspecified atom stereocenters. The largest absolute Gasteiger partial charge is 0.365 e. The minimum atomic E-state index is -0.836. The maximum absolute atomic E-state index is 12.8. The highest BCUT2D eigenvalue weighted by atomic mass is 32.2. The Kier molecular flexibility index (Phi) is 4.85. The lowest BCUT2D eigenvalue weighted by Gasteiger charge is -2.14. The van der Waals surface area contributed by atoms with E-state index in [4.69, 9.17) is 4.84 Å². The summed E-state index contributed by atoms with van der Waals surface area (Å²) in [5.41, 5.74) is 1.04. The second kappa shape index (κ2) is 7.62. The van der Waals surface area contributed by atoms with E-state index in [1.54, 1.807) is 54.6 Å². The Morgan fingerprint density at radius 1 is 0.828 bits per heavy atom. The van der Waals surface area contributed by atoms with E-state index in [9.17, 15) is 19.6 Å². The molecule has 1 heterocycles. The van der Waals surface area contributed by atoms with Gasteiger partial charge in [0.1, 0.15) is 6.07 Å². The molecule has 3 aromatic carbocycles. The number of benzene rings is 3. The van der Waals surface area contributed by atoms with Gasteiger partial charge < -0.3 is 4.84 Å². The summed E-state index contributed by atoms with van der Waals surface area (Å²) >= 11 is 1.23. The van der Waals surface area contributed by atoms with Crippen LogP contribution in [0.5, 0.6) is 0 Å². The van der Waals surface area contributed by atoms with Crippen molar-refractivity contribution in [2.24, 2.45) is 0 Å². The lowest BCUT2D eigenvalue weighted by Crippen LogP contribution is -2.32. The van der Waals surface area contributed by atoms with Gasteiger partial charge in [-0.05, 0) is 36.4 Å². The van der Waals surface area contributed by atoms with E-state index in [1.807, 2.05) is 0 Å². The average molecular weight is 400 g/mol. The second-order valence-corrected chi connectivity index (χ2v) is 7.12. The van der Waals surface area contributed by atoms with Gasteiger partial charge in [-0.2, -0.15) is 5.26 Å². The summed E-state index contributed by atoms with van der Waals surface area (Å²) in [6, 6.07) is 22.0. The number of hydrogen-bond acceptors (Lipinski definition) is 6. The maximum Gasteiger partial charge on any atom is 0.365 e. The molecule has 0 aliphatic carbocycles. The van der Waals surface area contributed by atoms with Crippen molar-refractivity contribution < 1.29 is 19.2 Å². The van der Waals surface area contributed by atoms with Crippen LogP contribution < -0.4 is 0 Å². The molecule has 6 nitrogen and oxygen atoms in total. The summed E-state index contributed by atoms with van der Waals surface area (Å²) in [5, 5.41) is 9.76. The molecule has 0 spiro atoms. The molecule has 4 rings (SSSR count). The number of rotatable bonds is 4. The molecule has 7 heteroatoms. The number of nitriles is 1. The third-order valence-electron chi connectivity index (χ3n) is 4.27. The molecule has 0 saturated heterocycles. The van der Waals surface area contributed by atoms with Crippen molar-refractivity contribution in [3.05, 3.63) is 95.1 Å². The van der Waals surface area contributed by atoms with Crippen molar-refractivity contribution in [1.82, 2.24) is 5.06 Å². The van der Waals surface area contributed by atoms with Crippen LogP contribution in [0, 0.1) is 11.3 Å². The van der Waals surface area contributed by atoms with Crippen LogP contribution in [0.1, 0.15) is 36.6 Å². The standard InChI is InChI=1S/C22H12N2O4S/c23-13-14-7-1-5-11-18(14)29-19-12-6-4-10-17(19)22(27)28-24-20(25)15-8-2-3-9-16(15)21(24)26/h1-12H. The van der Waals surface area contributed by atoms with Crippen molar-refractivity contribution in [3.8, 4) is 6.07 Å². The molecule has 0 N–H and O–H groups in total. The summed E-state index contributed by atoms with van der Waals surface area (Å²) in [6.07, 6.45) is 0. The van der Waals surface area contributed by atoms with Crippen molar-refractivity contribution >= 4 is 29.5 Å². The van der Waals surface area contributed by atoms with Crippen LogP contribution in [0.25, 0.3) is 0 Å². The molecule has 1 aliphatic heterocycles. The molecule has 0 fully saturated rings. The molecule has 2 amide bonds. The number of hydroxylamine groups is 2. The van der Waals surface area contributed by atoms with E-state index in [0.717, 1.165) is 0 Å². The highest BCUT2D eigenvalue weighted by Gasteiger charge is 2.39. The van der Waals surface area contributed by atoms with Gasteiger partial charge in [-0.25, -0.2) is 4.79 Å². The summed E-state index contributed by atoms with van der Waals surface area (Å²) in [6.45, 7) is 0. The number of fused-ring (bicyclic) bond motifs is 1. The van der Waals surface area contributed by atoms with Crippen molar-refractivity contribution in [2.75, 3.05) is 0 Å². The molecule has 3 aromatic rings. The lowest BCUT2D eigenvalue weighted by molar-refractivity contribution is -0.0586. The van der Waals surface area contributed by atoms with E-state index in [1.165, 1.54) is 30.0 Å². The molecule has 0 radical (unpaired) electrons. The van der Waals surface area contributed by atoms with Gasteiger partial charge in [0.15, 0.2) is 0 Å². The predicted octanol–water partition coefficient (Wildman–Crippen LogP) is 4.08. The minimum absolute atomic E-state index is 0.182. The Labute approximate surface area is 170 Å². The Morgan fingerprint density at radius 2 is 1.38 bits per heavy atom. The highest BCUT2D eigenvalue weighted by molar-refractivity contribution is 7.99. The van der Waals surface area contributed by atoms with E-state index in [0.29, 0.717) is 20.4 Å². The normalized spacial score (nSPS) is 12.4. The zero-order valence-electron chi connectivity index (χ0n) is 14.9. The first-order valence-corrected chi connectivity index (χ1v) is 9.38. The molecule has 1 aliphatic rings. The molecule has 140 valence electrons. The zero-order chi connectivity index (χ0) is 20.4. The number of amides is 2. The van der Waals surface area contributed by atoms with Gasteiger partial charge in [-0.3, -0.25) is 9.59 Å². The Balaban J connectivity index is 1.60. The zero-order valence-corrected chi connectivity index (χ0v) is 15.7. The van der Waals surface area contributed by atoms with Crippen LogP contribution >= 0.6 is 11.8 Å². The fourth-order valence-electron chi connectivity index (χ4n) is 2.87. The average Bonchev–Trinajstić information content (AvgIpc) is 2.99. The van der Waals surface area contributed by atoms with Crippen LogP contribution in [0.3, 0.4) is 0 Å². The van der Waals surface area contributed by atoms with Gasteiger partial charge in [0.05, 0.1) is 22.3 Å². The molecular formula is C22H12N2O4S. The van der Waals surface area contributed by atoms with Gasteiger partial charge in [0.25, 0.3) is 11.8 Å². The summed E-state index contributed by atoms with van der Waals surface area (Å²) in [7, 11) is 0. The van der Waals surface area contributed by atoms with Gasteiger partial charge in [-0.1, -0.05) is 53.2 Å². The number of carbonyl (C=O) groups is 3. The molecule has 0 bridgehead atoms. The van der Waals surface area contributed by atoms with Crippen molar-refractivity contribution in [2.45, 2.75) is 9.79 Å². The summed E-state index contributed by atoms with van der Waals surface area (Å²) < 4.78 is 0. The molecular weight excluding hydrogens is 388 g/mol. The molecule has 29 heavy (non-hydrogen) atoms. The molecule has 0 aromatic heterocycles. The van der Waals surface area contributed by atoms with Gasteiger partial charge in [-0.15, -0.1) is 0 Å². The van der Waals surface area contributed by atoms with E-state index < -0.39 is 17.8 Å². The predicted molar refractivity (Wildman–Crippen MR) is 104 cm³/mol. The highest BCUT2D eigenvalue weighted by Crippen LogP contribution is 2.33. The number of imide groups is 1. The van der Waals surface area contributed by atoms with Gasteiger partial charge in [0.2, 0.25) is 0 Å². The fourth-order valence-corrected chi connectivity index (χ4v) is 3.89. The third-order valence-corrected chi connectivity index (χ3v) is 5.42. The second-order valence-electron chi connectivity index (χ2n) is 6.04. The number of carbonyl (C=O) groups excluding carboxylic acids is 3. The van der Waals surface area contributed by atoms with Crippen LogP contribution in [0.4, 0.5) is 0 Å². The minimum Gasteiger partial charge on any atom is -0.324 e. The SMILES string of the molecule is N#Cc1ccccc1Sc1ccccc1C(=O)ON1C(=O)c2ccccc2C1=O. The first-order valence-electron chi connectivity index (χ1n) is 8.56. The number of nitrogens with zero attached hydrogens (tertiary/aromatic N) is 2. The molecule has 0 atom stereocenters. The van der Waals surface area contributed by atoms with Crippen LogP contribution in [-0.4, -0.2) is 22.8 Å². The summed E-state index contributed by atoms with van der Waals surface area (Å²) in [4.78, 5) is 44.0. The first-order chi connectivity index (χ1) is 14.1. The quantitative estimate of drug-likeness (QED) is 0.614. The smallest absolute Gasteiger partial charge is 0.324 e. The first kappa shape index (κ1) is 18.5. The number of hydrogen-bond donors (Lipinski definition) is 0. The van der Waals surface area contributed by atoms with Gasteiger partial charge in [0, 0.05) is 9.79 Å². The van der Waals surface area contributed by atoms with Gasteiger partial charge >= 0.3 is 5.97 Å². The molecule has 0 saturated carbocycles. The monoisotopic (exact) mass is 400 g/mol. The topological polar surface area (TPSA) is 87.5 Å².